The van der Waals surface area contributed by atoms with E-state index in [9.17, 15) is 4.79 Å². The summed E-state index contributed by atoms with van der Waals surface area (Å²) >= 11 is 0. The lowest BCUT2D eigenvalue weighted by Gasteiger charge is -2.02. The van der Waals surface area contributed by atoms with Crippen LogP contribution in [-0.2, 0) is 4.79 Å². The molecule has 3 N–H and O–H groups in total. The van der Waals surface area contributed by atoms with Gasteiger partial charge in [0.25, 0.3) is 0 Å². The summed E-state index contributed by atoms with van der Waals surface area (Å²) in [5.41, 5.74) is 5.58. The Morgan fingerprint density at radius 2 is 2.56 bits per heavy atom. The van der Waals surface area contributed by atoms with Crippen LogP contribution in [-0.4, -0.2) is 24.9 Å². The fourth-order valence-electron chi connectivity index (χ4n) is 1.15. The van der Waals surface area contributed by atoms with Crippen LogP contribution < -0.4 is 11.1 Å². The van der Waals surface area contributed by atoms with Gasteiger partial charge in [-0.05, 0) is 6.42 Å². The monoisotopic (exact) mass is 128 g/mol. The van der Waals surface area contributed by atoms with E-state index in [-0.39, 0.29) is 6.04 Å². The molecule has 0 aromatic carbocycles. The Morgan fingerprint density at radius 3 is 3.00 bits per heavy atom. The molecule has 1 saturated heterocycles. The zero-order chi connectivity index (χ0) is 6.69. The third kappa shape index (κ3) is 1.77. The van der Waals surface area contributed by atoms with Crippen molar-refractivity contribution in [1.29, 1.82) is 0 Å². The van der Waals surface area contributed by atoms with E-state index >= 15 is 0 Å². The highest BCUT2D eigenvalue weighted by Gasteiger charge is 2.19. The van der Waals surface area contributed by atoms with Crippen molar-refractivity contribution < 1.29 is 4.79 Å². The summed E-state index contributed by atoms with van der Waals surface area (Å²) < 4.78 is 0. The second-order valence-electron chi connectivity index (χ2n) is 2.50. The summed E-state index contributed by atoms with van der Waals surface area (Å²) in [6.45, 7) is 0.860. The summed E-state index contributed by atoms with van der Waals surface area (Å²) in [6, 6.07) is 0.604. The lowest BCUT2D eigenvalue weighted by molar-refractivity contribution is -0.108. The minimum atomic E-state index is 0.259. The standard InChI is InChI=1S/C6H12N2O/c7-5-3-6(1-2-9)8-4-5/h2,5-6,8H,1,3-4,7H2. The van der Waals surface area contributed by atoms with Crippen LogP contribution in [0.3, 0.4) is 0 Å². The smallest absolute Gasteiger partial charge is 0.121 e. The van der Waals surface area contributed by atoms with Crippen LogP contribution >= 0.6 is 0 Å². The lowest BCUT2D eigenvalue weighted by Crippen LogP contribution is -2.23. The van der Waals surface area contributed by atoms with E-state index in [1.807, 2.05) is 0 Å². The molecule has 0 radical (unpaired) electrons. The molecule has 3 nitrogen and oxygen atoms in total. The maximum atomic E-state index is 9.99. The molecular formula is C6H12N2O. The first-order valence-corrected chi connectivity index (χ1v) is 3.25. The highest BCUT2D eigenvalue weighted by Crippen LogP contribution is 2.05. The highest BCUT2D eigenvalue weighted by molar-refractivity contribution is 5.50. The molecule has 1 fully saturated rings. The number of nitrogens with one attached hydrogen (secondary N) is 1. The summed E-state index contributed by atoms with van der Waals surface area (Å²) in [6.07, 6.45) is 2.49. The first-order chi connectivity index (χ1) is 4.33. The number of rotatable bonds is 2. The summed E-state index contributed by atoms with van der Waals surface area (Å²) in [5.74, 6) is 0. The Labute approximate surface area is 54.6 Å². The van der Waals surface area contributed by atoms with Gasteiger partial charge >= 0.3 is 0 Å². The van der Waals surface area contributed by atoms with Gasteiger partial charge in [0.2, 0.25) is 0 Å². The first-order valence-electron chi connectivity index (χ1n) is 3.25. The Kier molecular flexibility index (Phi) is 2.19. The van der Waals surface area contributed by atoms with Crippen molar-refractivity contribution in [3.63, 3.8) is 0 Å². The van der Waals surface area contributed by atoms with Crippen LogP contribution in [0.15, 0.2) is 0 Å². The predicted octanol–water partition coefficient (Wildman–Crippen LogP) is -0.735. The predicted molar refractivity (Wildman–Crippen MR) is 35.1 cm³/mol. The SMILES string of the molecule is NC1CNC(CC=O)C1. The molecule has 2 unspecified atom stereocenters. The van der Waals surface area contributed by atoms with Crippen LogP contribution in [0.2, 0.25) is 0 Å². The summed E-state index contributed by atoms with van der Waals surface area (Å²) in [7, 11) is 0. The molecule has 1 rings (SSSR count). The minimum Gasteiger partial charge on any atom is -0.326 e. The van der Waals surface area contributed by atoms with E-state index in [0.717, 1.165) is 19.3 Å². The van der Waals surface area contributed by atoms with E-state index < -0.39 is 0 Å². The average molecular weight is 128 g/mol. The topological polar surface area (TPSA) is 55.1 Å². The normalized spacial score (nSPS) is 34.8. The van der Waals surface area contributed by atoms with Crippen molar-refractivity contribution in [2.75, 3.05) is 6.54 Å². The maximum absolute atomic E-state index is 9.99. The van der Waals surface area contributed by atoms with Gasteiger partial charge in [0, 0.05) is 25.0 Å². The third-order valence-corrected chi connectivity index (χ3v) is 1.64. The molecule has 0 aliphatic carbocycles. The van der Waals surface area contributed by atoms with Crippen molar-refractivity contribution in [3.8, 4) is 0 Å². The van der Waals surface area contributed by atoms with Gasteiger partial charge in [0.05, 0.1) is 0 Å². The molecule has 0 saturated carbocycles. The van der Waals surface area contributed by atoms with Gasteiger partial charge in [-0.2, -0.15) is 0 Å². The molecule has 9 heavy (non-hydrogen) atoms. The first kappa shape index (κ1) is 6.71. The highest BCUT2D eigenvalue weighted by atomic mass is 16.1. The van der Waals surface area contributed by atoms with Gasteiger partial charge in [-0.3, -0.25) is 0 Å². The number of aldehydes is 1. The molecule has 0 amide bonds. The van der Waals surface area contributed by atoms with Gasteiger partial charge in [0.15, 0.2) is 0 Å². The van der Waals surface area contributed by atoms with Crippen LogP contribution in [0.5, 0.6) is 0 Å². The average Bonchev–Trinajstić information content (AvgIpc) is 2.17. The Balaban J connectivity index is 2.21. The molecule has 0 bridgehead atoms. The number of carbonyl (C=O) groups excluding carboxylic acids is 1. The van der Waals surface area contributed by atoms with Crippen molar-refractivity contribution >= 4 is 6.29 Å². The second kappa shape index (κ2) is 2.94. The number of hydrogen-bond acceptors (Lipinski definition) is 3. The van der Waals surface area contributed by atoms with E-state index in [1.165, 1.54) is 0 Å². The Hall–Kier alpha value is -0.410. The van der Waals surface area contributed by atoms with Gasteiger partial charge in [-0.25, -0.2) is 0 Å². The van der Waals surface area contributed by atoms with E-state index in [2.05, 4.69) is 5.32 Å². The zero-order valence-electron chi connectivity index (χ0n) is 5.34. The molecule has 2 atom stereocenters. The molecule has 0 spiro atoms. The quantitative estimate of drug-likeness (QED) is 0.482. The fourth-order valence-corrected chi connectivity index (χ4v) is 1.15. The third-order valence-electron chi connectivity index (χ3n) is 1.64. The van der Waals surface area contributed by atoms with Gasteiger partial charge in [-0.1, -0.05) is 0 Å². The van der Waals surface area contributed by atoms with Crippen molar-refractivity contribution in [2.45, 2.75) is 24.9 Å². The van der Waals surface area contributed by atoms with Gasteiger partial charge < -0.3 is 15.8 Å². The Bertz CT molecular complexity index is 105. The zero-order valence-corrected chi connectivity index (χ0v) is 5.34. The van der Waals surface area contributed by atoms with Crippen molar-refractivity contribution in [3.05, 3.63) is 0 Å². The van der Waals surface area contributed by atoms with Crippen molar-refractivity contribution in [1.82, 2.24) is 5.32 Å². The molecule has 1 aliphatic heterocycles. The van der Waals surface area contributed by atoms with E-state index in [4.69, 9.17) is 5.73 Å². The van der Waals surface area contributed by atoms with Gasteiger partial charge in [0.1, 0.15) is 6.29 Å². The molecule has 3 heteroatoms. The molecular weight excluding hydrogens is 116 g/mol. The van der Waals surface area contributed by atoms with Crippen LogP contribution in [0, 0.1) is 0 Å². The molecule has 1 heterocycles. The van der Waals surface area contributed by atoms with Crippen LogP contribution in [0.4, 0.5) is 0 Å². The maximum Gasteiger partial charge on any atom is 0.121 e. The molecule has 52 valence electrons. The summed E-state index contributed by atoms with van der Waals surface area (Å²) in [5, 5.41) is 3.15. The lowest BCUT2D eigenvalue weighted by atomic mass is 10.1. The van der Waals surface area contributed by atoms with Crippen LogP contribution in [0.1, 0.15) is 12.8 Å². The van der Waals surface area contributed by atoms with Crippen LogP contribution in [0.25, 0.3) is 0 Å². The molecule has 0 aromatic rings. The fraction of sp³-hybridized carbons (Fsp3) is 0.833. The molecule has 1 aliphatic rings. The second-order valence-corrected chi connectivity index (χ2v) is 2.50. The van der Waals surface area contributed by atoms with E-state index in [0.29, 0.717) is 12.5 Å². The van der Waals surface area contributed by atoms with Gasteiger partial charge in [-0.15, -0.1) is 0 Å². The summed E-state index contributed by atoms with van der Waals surface area (Å²) in [4.78, 5) is 9.99. The molecule has 0 aromatic heterocycles. The van der Waals surface area contributed by atoms with Crippen molar-refractivity contribution in [2.24, 2.45) is 5.73 Å². The number of carbonyl (C=O) groups is 1. The number of nitrogens with two attached hydrogens (primary N) is 1. The largest absolute Gasteiger partial charge is 0.326 e. The Morgan fingerprint density at radius 1 is 1.78 bits per heavy atom. The minimum absolute atomic E-state index is 0.259. The van der Waals surface area contributed by atoms with E-state index in [1.54, 1.807) is 0 Å². The number of hydrogen-bond donors (Lipinski definition) is 2.